The van der Waals surface area contributed by atoms with E-state index < -0.39 is 0 Å². The molecule has 0 aliphatic rings. The summed E-state index contributed by atoms with van der Waals surface area (Å²) in [6.45, 7) is 6.82. The van der Waals surface area contributed by atoms with Gasteiger partial charge in [0.1, 0.15) is 5.75 Å². The van der Waals surface area contributed by atoms with Gasteiger partial charge in [-0.2, -0.15) is 0 Å². The highest BCUT2D eigenvalue weighted by Gasteiger charge is 2.16. The van der Waals surface area contributed by atoms with Crippen LogP contribution in [0.4, 0.5) is 5.69 Å². The smallest absolute Gasteiger partial charge is 0.234 e. The molecule has 1 aromatic heterocycles. The number of methoxy groups -OCH3 is 1. The molecule has 0 fully saturated rings. The standard InChI is InChI=1S/C22H25ClN4O2S/c1-5-9-27-21(16-8-6-7-14(2)10-16)25-26-22(27)30-13-20(28)24-18-11-15(3)17(23)12-19(18)29-4/h6-8,10-12H,5,9,13H2,1-4H3,(H,24,28). The second-order valence-electron chi connectivity index (χ2n) is 6.97. The maximum absolute atomic E-state index is 12.6. The van der Waals surface area contributed by atoms with Gasteiger partial charge in [0.05, 0.1) is 18.6 Å². The van der Waals surface area contributed by atoms with Gasteiger partial charge in [-0.05, 0) is 38.0 Å². The van der Waals surface area contributed by atoms with Crippen LogP contribution in [0.3, 0.4) is 0 Å². The van der Waals surface area contributed by atoms with Crippen molar-refractivity contribution in [1.82, 2.24) is 14.8 Å². The molecule has 1 N–H and O–H groups in total. The third kappa shape index (κ3) is 5.15. The Labute approximate surface area is 186 Å². The molecular formula is C22H25ClN4O2S. The Hall–Kier alpha value is -2.51. The molecule has 0 spiro atoms. The number of aromatic nitrogens is 3. The predicted octanol–water partition coefficient (Wildman–Crippen LogP) is 5.36. The summed E-state index contributed by atoms with van der Waals surface area (Å²) < 4.78 is 7.39. The Morgan fingerprint density at radius 2 is 2.03 bits per heavy atom. The van der Waals surface area contributed by atoms with Crippen molar-refractivity contribution in [2.75, 3.05) is 18.2 Å². The topological polar surface area (TPSA) is 69.0 Å². The molecular weight excluding hydrogens is 420 g/mol. The summed E-state index contributed by atoms with van der Waals surface area (Å²) in [5.74, 6) is 1.40. The third-order valence-electron chi connectivity index (χ3n) is 4.53. The predicted molar refractivity (Wildman–Crippen MR) is 123 cm³/mol. The van der Waals surface area contributed by atoms with Crippen LogP contribution >= 0.6 is 23.4 Å². The van der Waals surface area contributed by atoms with Crippen molar-refractivity contribution in [3.63, 3.8) is 0 Å². The van der Waals surface area contributed by atoms with Crippen molar-refractivity contribution in [2.45, 2.75) is 38.9 Å². The highest BCUT2D eigenvalue weighted by Crippen LogP contribution is 2.31. The first-order chi connectivity index (χ1) is 14.4. The van der Waals surface area contributed by atoms with Crippen molar-refractivity contribution < 1.29 is 9.53 Å². The van der Waals surface area contributed by atoms with E-state index in [9.17, 15) is 4.79 Å². The summed E-state index contributed by atoms with van der Waals surface area (Å²) in [5.41, 5.74) is 3.65. The molecule has 158 valence electrons. The zero-order valence-electron chi connectivity index (χ0n) is 17.5. The number of amides is 1. The number of thioether (sulfide) groups is 1. The van der Waals surface area contributed by atoms with Crippen molar-refractivity contribution in [1.29, 1.82) is 0 Å². The number of carbonyl (C=O) groups excluding carboxylic acids is 1. The van der Waals surface area contributed by atoms with Crippen LogP contribution < -0.4 is 10.1 Å². The molecule has 0 radical (unpaired) electrons. The monoisotopic (exact) mass is 444 g/mol. The SMILES string of the molecule is CCCn1c(SCC(=O)Nc2cc(C)c(Cl)cc2OC)nnc1-c1cccc(C)c1. The molecule has 1 heterocycles. The number of rotatable bonds is 8. The second-order valence-corrected chi connectivity index (χ2v) is 8.32. The van der Waals surface area contributed by atoms with E-state index in [1.807, 2.05) is 19.1 Å². The third-order valence-corrected chi connectivity index (χ3v) is 5.90. The van der Waals surface area contributed by atoms with E-state index >= 15 is 0 Å². The molecule has 3 aromatic rings. The molecule has 2 aromatic carbocycles. The van der Waals surface area contributed by atoms with Gasteiger partial charge in [0.2, 0.25) is 5.91 Å². The largest absolute Gasteiger partial charge is 0.495 e. The van der Waals surface area contributed by atoms with Gasteiger partial charge in [-0.1, -0.05) is 54.0 Å². The van der Waals surface area contributed by atoms with Gasteiger partial charge in [-0.3, -0.25) is 4.79 Å². The molecule has 30 heavy (non-hydrogen) atoms. The highest BCUT2D eigenvalue weighted by molar-refractivity contribution is 7.99. The Kier molecular flexibility index (Phi) is 7.39. The van der Waals surface area contributed by atoms with E-state index in [0.29, 0.717) is 16.5 Å². The summed E-state index contributed by atoms with van der Waals surface area (Å²) in [5, 5.41) is 12.9. The molecule has 0 aliphatic carbocycles. The molecule has 8 heteroatoms. The number of halogens is 1. The number of carbonyl (C=O) groups is 1. The lowest BCUT2D eigenvalue weighted by Gasteiger charge is -2.12. The van der Waals surface area contributed by atoms with Gasteiger partial charge in [-0.15, -0.1) is 10.2 Å². The number of nitrogens with zero attached hydrogens (tertiary/aromatic N) is 3. The number of hydrogen-bond acceptors (Lipinski definition) is 5. The fraction of sp³-hybridized carbons (Fsp3) is 0.318. The number of nitrogens with one attached hydrogen (secondary N) is 1. The minimum atomic E-state index is -0.150. The highest BCUT2D eigenvalue weighted by atomic mass is 35.5. The molecule has 3 rings (SSSR count). The molecule has 1 amide bonds. The Morgan fingerprint density at radius 1 is 1.23 bits per heavy atom. The van der Waals surface area contributed by atoms with E-state index in [1.54, 1.807) is 19.2 Å². The van der Waals surface area contributed by atoms with Gasteiger partial charge in [0.25, 0.3) is 0 Å². The van der Waals surface area contributed by atoms with Gasteiger partial charge in [0, 0.05) is 23.2 Å². The molecule has 0 unspecified atom stereocenters. The maximum atomic E-state index is 12.6. The fourth-order valence-corrected chi connectivity index (χ4v) is 3.98. The van der Waals surface area contributed by atoms with Gasteiger partial charge < -0.3 is 14.6 Å². The van der Waals surface area contributed by atoms with Gasteiger partial charge >= 0.3 is 0 Å². The second kappa shape index (κ2) is 10.00. The summed E-state index contributed by atoms with van der Waals surface area (Å²) in [4.78, 5) is 12.6. The number of benzene rings is 2. The van der Waals surface area contributed by atoms with E-state index in [-0.39, 0.29) is 11.7 Å². The molecule has 6 nitrogen and oxygen atoms in total. The number of anilines is 1. The molecule has 0 bridgehead atoms. The normalized spacial score (nSPS) is 10.8. The van der Waals surface area contributed by atoms with Crippen molar-refractivity contribution >= 4 is 35.0 Å². The average molecular weight is 445 g/mol. The van der Waals surface area contributed by atoms with Crippen LogP contribution in [0.5, 0.6) is 5.75 Å². The van der Waals surface area contributed by atoms with Crippen LogP contribution in [-0.2, 0) is 11.3 Å². The van der Waals surface area contributed by atoms with E-state index in [1.165, 1.54) is 17.3 Å². The van der Waals surface area contributed by atoms with Gasteiger partial charge in [0.15, 0.2) is 11.0 Å². The van der Waals surface area contributed by atoms with Crippen LogP contribution in [-0.4, -0.2) is 33.5 Å². The van der Waals surface area contributed by atoms with Crippen LogP contribution in [0, 0.1) is 13.8 Å². The molecule has 0 saturated carbocycles. The minimum absolute atomic E-state index is 0.150. The number of ether oxygens (including phenoxy) is 1. The zero-order chi connectivity index (χ0) is 21.7. The number of aryl methyl sites for hydroxylation is 2. The van der Waals surface area contributed by atoms with E-state index in [4.69, 9.17) is 16.3 Å². The lowest BCUT2D eigenvalue weighted by molar-refractivity contribution is -0.113. The van der Waals surface area contributed by atoms with Gasteiger partial charge in [-0.25, -0.2) is 0 Å². The van der Waals surface area contributed by atoms with E-state index in [2.05, 4.69) is 46.1 Å². The zero-order valence-corrected chi connectivity index (χ0v) is 19.1. The van der Waals surface area contributed by atoms with Crippen molar-refractivity contribution in [3.05, 3.63) is 52.5 Å². The van der Waals surface area contributed by atoms with Crippen LogP contribution in [0.2, 0.25) is 5.02 Å². The van der Waals surface area contributed by atoms with Crippen molar-refractivity contribution in [2.24, 2.45) is 0 Å². The Bertz CT molecular complexity index is 1050. The van der Waals surface area contributed by atoms with Crippen LogP contribution in [0.1, 0.15) is 24.5 Å². The first-order valence-corrected chi connectivity index (χ1v) is 11.1. The average Bonchev–Trinajstić information content (AvgIpc) is 3.12. The lowest BCUT2D eigenvalue weighted by Crippen LogP contribution is -2.15. The van der Waals surface area contributed by atoms with E-state index in [0.717, 1.165) is 35.1 Å². The Balaban J connectivity index is 1.74. The summed E-state index contributed by atoms with van der Waals surface area (Å²) >= 11 is 7.50. The number of hydrogen-bond donors (Lipinski definition) is 1. The molecule has 0 aliphatic heterocycles. The quantitative estimate of drug-likeness (QED) is 0.473. The maximum Gasteiger partial charge on any atom is 0.234 e. The van der Waals surface area contributed by atoms with Crippen LogP contribution in [0.25, 0.3) is 11.4 Å². The molecule has 0 saturated heterocycles. The molecule has 0 atom stereocenters. The Morgan fingerprint density at radius 3 is 2.73 bits per heavy atom. The lowest BCUT2D eigenvalue weighted by atomic mass is 10.1. The minimum Gasteiger partial charge on any atom is -0.495 e. The summed E-state index contributed by atoms with van der Waals surface area (Å²) in [6.07, 6.45) is 0.942. The first-order valence-electron chi connectivity index (χ1n) is 9.70. The first kappa shape index (κ1) is 22.2. The van der Waals surface area contributed by atoms with Crippen molar-refractivity contribution in [3.8, 4) is 17.1 Å². The summed E-state index contributed by atoms with van der Waals surface area (Å²) in [7, 11) is 1.55. The fourth-order valence-electron chi connectivity index (χ4n) is 3.06. The summed E-state index contributed by atoms with van der Waals surface area (Å²) in [6, 6.07) is 11.7. The van der Waals surface area contributed by atoms with Crippen LogP contribution in [0.15, 0.2) is 41.6 Å².